The first kappa shape index (κ1) is 16.8. The predicted octanol–water partition coefficient (Wildman–Crippen LogP) is 2.73. The van der Waals surface area contributed by atoms with Gasteiger partial charge in [-0.2, -0.15) is 0 Å². The summed E-state index contributed by atoms with van der Waals surface area (Å²) in [5.74, 6) is 2.65. The Kier molecular flexibility index (Phi) is 4.70. The van der Waals surface area contributed by atoms with Crippen molar-refractivity contribution in [3.05, 3.63) is 41.1 Å². The normalized spacial score (nSPS) is 16.8. The number of hydrogen-bond donors (Lipinski definition) is 1. The van der Waals surface area contributed by atoms with Crippen LogP contribution in [0.1, 0.15) is 35.8 Å². The number of nitrogens with zero attached hydrogens (tertiary/aromatic N) is 7. The minimum Gasteiger partial charge on any atom is -0.340 e. The Morgan fingerprint density at radius 1 is 1.23 bits per heavy atom. The Balaban J connectivity index is 1.51. The maximum atomic E-state index is 4.72. The molecule has 0 amide bonds. The molecule has 134 valence electrons. The van der Waals surface area contributed by atoms with Gasteiger partial charge in [0, 0.05) is 43.2 Å². The van der Waals surface area contributed by atoms with Crippen molar-refractivity contribution in [3.8, 4) is 0 Å². The molecule has 4 heterocycles. The zero-order valence-corrected chi connectivity index (χ0v) is 15.6. The first-order chi connectivity index (χ1) is 12.7. The molecule has 1 N–H and O–H groups in total. The Morgan fingerprint density at radius 3 is 2.85 bits per heavy atom. The van der Waals surface area contributed by atoms with E-state index in [9.17, 15) is 0 Å². The molecule has 8 nitrogen and oxygen atoms in total. The number of rotatable bonds is 5. The highest BCUT2D eigenvalue weighted by Gasteiger charge is 2.28. The average Bonchev–Trinajstić information content (AvgIpc) is 3.31. The molecule has 1 fully saturated rings. The number of hydrogen-bond acceptors (Lipinski definition) is 9. The van der Waals surface area contributed by atoms with Crippen molar-refractivity contribution in [2.24, 2.45) is 0 Å². The van der Waals surface area contributed by atoms with Gasteiger partial charge < -0.3 is 10.2 Å². The van der Waals surface area contributed by atoms with Gasteiger partial charge in [-0.25, -0.2) is 19.9 Å². The molecule has 4 rings (SSSR count). The zero-order valence-electron chi connectivity index (χ0n) is 14.8. The molecule has 26 heavy (non-hydrogen) atoms. The second-order valence-corrected chi connectivity index (χ2v) is 7.27. The smallest absolute Gasteiger partial charge is 0.225 e. The van der Waals surface area contributed by atoms with Gasteiger partial charge in [0.1, 0.15) is 16.6 Å². The summed E-state index contributed by atoms with van der Waals surface area (Å²) >= 11 is 1.55. The van der Waals surface area contributed by atoms with E-state index in [1.54, 1.807) is 23.7 Å². The van der Waals surface area contributed by atoms with Crippen molar-refractivity contribution < 1.29 is 0 Å². The van der Waals surface area contributed by atoms with Crippen molar-refractivity contribution >= 4 is 28.2 Å². The van der Waals surface area contributed by atoms with Gasteiger partial charge in [0.2, 0.25) is 11.1 Å². The third kappa shape index (κ3) is 3.62. The molecule has 0 bridgehead atoms. The van der Waals surface area contributed by atoms with E-state index in [1.165, 1.54) is 0 Å². The summed E-state index contributed by atoms with van der Waals surface area (Å²) < 4.78 is 0. The lowest BCUT2D eigenvalue weighted by molar-refractivity contribution is 0.704. The van der Waals surface area contributed by atoms with Gasteiger partial charge >= 0.3 is 0 Å². The van der Waals surface area contributed by atoms with E-state index in [-0.39, 0.29) is 5.92 Å². The quantitative estimate of drug-likeness (QED) is 0.735. The largest absolute Gasteiger partial charge is 0.340 e. The van der Waals surface area contributed by atoms with Crippen LogP contribution in [0.5, 0.6) is 0 Å². The first-order valence-electron chi connectivity index (χ1n) is 8.68. The lowest BCUT2D eigenvalue weighted by Gasteiger charge is -2.15. The highest BCUT2D eigenvalue weighted by atomic mass is 32.1. The fraction of sp³-hybridized carbons (Fsp3) is 0.412. The summed E-state index contributed by atoms with van der Waals surface area (Å²) in [5.41, 5.74) is 0.937. The van der Waals surface area contributed by atoms with Crippen molar-refractivity contribution in [1.82, 2.24) is 30.1 Å². The van der Waals surface area contributed by atoms with Crippen molar-refractivity contribution in [1.29, 1.82) is 0 Å². The van der Waals surface area contributed by atoms with E-state index < -0.39 is 0 Å². The van der Waals surface area contributed by atoms with Crippen LogP contribution in [0.15, 0.2) is 24.5 Å². The van der Waals surface area contributed by atoms with Gasteiger partial charge in [-0.3, -0.25) is 0 Å². The van der Waals surface area contributed by atoms with Crippen LogP contribution < -0.4 is 10.2 Å². The number of aromatic nitrogens is 6. The summed E-state index contributed by atoms with van der Waals surface area (Å²) in [6.45, 7) is 5.79. The van der Waals surface area contributed by atoms with Crippen molar-refractivity contribution in [2.75, 3.05) is 23.3 Å². The third-order valence-electron chi connectivity index (χ3n) is 4.26. The summed E-state index contributed by atoms with van der Waals surface area (Å²) in [7, 11) is 0. The van der Waals surface area contributed by atoms with Gasteiger partial charge in [0.05, 0.1) is 0 Å². The van der Waals surface area contributed by atoms with Crippen LogP contribution in [0.4, 0.5) is 16.9 Å². The topological polar surface area (TPSA) is 92.6 Å². The molecule has 3 aromatic rings. The maximum absolute atomic E-state index is 4.72. The Morgan fingerprint density at radius 2 is 2.08 bits per heavy atom. The fourth-order valence-corrected chi connectivity index (χ4v) is 3.69. The van der Waals surface area contributed by atoms with Crippen molar-refractivity contribution in [3.63, 3.8) is 0 Å². The highest BCUT2D eigenvalue weighted by Crippen LogP contribution is 2.28. The van der Waals surface area contributed by atoms with E-state index in [2.05, 4.69) is 42.3 Å². The van der Waals surface area contributed by atoms with E-state index in [0.29, 0.717) is 0 Å². The maximum Gasteiger partial charge on any atom is 0.225 e. The van der Waals surface area contributed by atoms with Gasteiger partial charge in [0.25, 0.3) is 0 Å². The van der Waals surface area contributed by atoms with Crippen LogP contribution in [0.2, 0.25) is 0 Å². The Bertz CT molecular complexity index is 881. The molecule has 3 aromatic heterocycles. The number of aryl methyl sites for hydroxylation is 2. The van der Waals surface area contributed by atoms with E-state index in [1.807, 2.05) is 19.1 Å². The first-order valence-corrected chi connectivity index (χ1v) is 9.50. The molecule has 9 heteroatoms. The molecular formula is C17H20N8S. The fourth-order valence-electron chi connectivity index (χ4n) is 3.00. The minimum atomic E-state index is 0.264. The highest BCUT2D eigenvalue weighted by molar-refractivity contribution is 7.15. The molecule has 0 aromatic carbocycles. The van der Waals surface area contributed by atoms with Gasteiger partial charge in [-0.15, -0.1) is 10.2 Å². The molecular weight excluding hydrogens is 348 g/mol. The summed E-state index contributed by atoms with van der Waals surface area (Å²) in [6, 6.07) is 3.76. The third-order valence-corrected chi connectivity index (χ3v) is 5.25. The van der Waals surface area contributed by atoms with E-state index >= 15 is 0 Å². The van der Waals surface area contributed by atoms with Crippen LogP contribution in [-0.2, 0) is 6.42 Å². The van der Waals surface area contributed by atoms with Gasteiger partial charge in [-0.1, -0.05) is 18.3 Å². The second kappa shape index (κ2) is 7.28. The minimum absolute atomic E-state index is 0.264. The SMILES string of the molecule is CCc1nnc(Nc2cc(C)nc([C@H]3CCN(c4ncccn4)C3)n2)s1. The summed E-state index contributed by atoms with van der Waals surface area (Å²) in [6.07, 6.45) is 5.41. The van der Waals surface area contributed by atoms with Gasteiger partial charge in [-0.05, 0) is 25.8 Å². The van der Waals surface area contributed by atoms with Crippen molar-refractivity contribution in [2.45, 2.75) is 32.6 Å². The lowest BCUT2D eigenvalue weighted by atomic mass is 10.1. The van der Waals surface area contributed by atoms with Crippen LogP contribution in [0, 0.1) is 6.92 Å². The number of nitrogens with one attached hydrogen (secondary N) is 1. The molecule has 0 unspecified atom stereocenters. The Labute approximate surface area is 155 Å². The van der Waals surface area contributed by atoms with Crippen LogP contribution in [0.3, 0.4) is 0 Å². The molecule has 0 aliphatic carbocycles. The second-order valence-electron chi connectivity index (χ2n) is 6.21. The molecule has 0 spiro atoms. The lowest BCUT2D eigenvalue weighted by Crippen LogP contribution is -2.22. The van der Waals surface area contributed by atoms with Crippen LogP contribution in [0.25, 0.3) is 0 Å². The molecule has 1 atom stereocenters. The summed E-state index contributed by atoms with van der Waals surface area (Å²) in [5, 5.41) is 13.3. The Hall–Kier alpha value is -2.68. The molecule has 1 saturated heterocycles. The molecule has 0 saturated carbocycles. The average molecular weight is 368 g/mol. The van der Waals surface area contributed by atoms with Crippen LogP contribution >= 0.6 is 11.3 Å². The molecule has 0 radical (unpaired) electrons. The summed E-state index contributed by atoms with van der Waals surface area (Å²) in [4.78, 5) is 20.2. The molecule has 1 aliphatic heterocycles. The predicted molar refractivity (Wildman–Crippen MR) is 101 cm³/mol. The molecule has 1 aliphatic rings. The van der Waals surface area contributed by atoms with E-state index in [4.69, 9.17) is 4.98 Å². The van der Waals surface area contributed by atoms with Crippen LogP contribution in [-0.4, -0.2) is 43.2 Å². The van der Waals surface area contributed by atoms with Gasteiger partial charge in [0.15, 0.2) is 0 Å². The number of anilines is 3. The van der Waals surface area contributed by atoms with E-state index in [0.717, 1.165) is 59.4 Å². The standard InChI is InChI=1S/C17H20N8S/c1-3-14-23-24-17(26-14)22-13-9-11(2)20-15(21-13)12-5-8-25(10-12)16-18-6-4-7-19-16/h4,6-7,9,12H,3,5,8,10H2,1-2H3,(H,20,21,22,24)/t12-/m0/s1. The zero-order chi connectivity index (χ0) is 17.9. The monoisotopic (exact) mass is 368 g/mol.